The van der Waals surface area contributed by atoms with Gasteiger partial charge < -0.3 is 4.90 Å². The fourth-order valence-electron chi connectivity index (χ4n) is 1.60. The Bertz CT molecular complexity index is 440. The summed E-state index contributed by atoms with van der Waals surface area (Å²) in [4.78, 5) is 28.2. The average Bonchev–Trinajstić information content (AvgIpc) is 2.50. The zero-order valence-corrected chi connectivity index (χ0v) is 8.78. The largest absolute Gasteiger partial charge is 0.303 e. The number of aryl methyl sites for hydroxylation is 2. The number of amides is 1. The van der Waals surface area contributed by atoms with Crippen molar-refractivity contribution in [2.75, 3.05) is 11.4 Å². The van der Waals surface area contributed by atoms with Gasteiger partial charge in [0.25, 0.3) is 0 Å². The number of carbonyl (C=O) groups excluding carboxylic acids is 2. The van der Waals surface area contributed by atoms with E-state index in [1.165, 1.54) is 4.90 Å². The fourth-order valence-corrected chi connectivity index (χ4v) is 1.60. The van der Waals surface area contributed by atoms with E-state index in [4.69, 9.17) is 0 Å². The molecule has 4 heteroatoms. The molecular weight excluding hydrogens is 192 g/mol. The van der Waals surface area contributed by atoms with E-state index in [-0.39, 0.29) is 24.7 Å². The van der Waals surface area contributed by atoms with Crippen LogP contribution < -0.4 is 4.90 Å². The Hall–Kier alpha value is -1.71. The van der Waals surface area contributed by atoms with E-state index in [2.05, 4.69) is 4.98 Å². The van der Waals surface area contributed by atoms with Crippen LogP contribution in [0.25, 0.3) is 0 Å². The first-order valence-corrected chi connectivity index (χ1v) is 4.83. The molecule has 1 fully saturated rings. The van der Waals surface area contributed by atoms with Gasteiger partial charge in [0.05, 0.1) is 24.8 Å². The first-order chi connectivity index (χ1) is 7.08. The first kappa shape index (κ1) is 9.83. The lowest BCUT2D eigenvalue weighted by Crippen LogP contribution is -2.24. The second-order valence-corrected chi connectivity index (χ2v) is 3.79. The van der Waals surface area contributed by atoms with E-state index in [1.54, 1.807) is 6.20 Å². The molecule has 0 bridgehead atoms. The summed E-state index contributed by atoms with van der Waals surface area (Å²) in [5, 5.41) is 0. The molecule has 1 aromatic heterocycles. The van der Waals surface area contributed by atoms with E-state index in [1.807, 2.05) is 19.9 Å². The number of anilines is 1. The Labute approximate surface area is 87.9 Å². The molecule has 15 heavy (non-hydrogen) atoms. The van der Waals surface area contributed by atoms with E-state index in [0.29, 0.717) is 5.69 Å². The maximum absolute atomic E-state index is 11.5. The van der Waals surface area contributed by atoms with Crippen molar-refractivity contribution in [3.63, 3.8) is 0 Å². The topological polar surface area (TPSA) is 50.3 Å². The van der Waals surface area contributed by atoms with Crippen LogP contribution in [-0.4, -0.2) is 23.2 Å². The Morgan fingerprint density at radius 2 is 2.07 bits per heavy atom. The van der Waals surface area contributed by atoms with Crippen molar-refractivity contribution >= 4 is 17.4 Å². The predicted octanol–water partition coefficient (Wildman–Crippen LogP) is 1.00. The van der Waals surface area contributed by atoms with Crippen molar-refractivity contribution in [2.24, 2.45) is 0 Å². The Kier molecular flexibility index (Phi) is 2.26. The zero-order valence-electron chi connectivity index (χ0n) is 8.78. The van der Waals surface area contributed by atoms with Crippen molar-refractivity contribution in [3.8, 4) is 0 Å². The molecule has 0 spiro atoms. The minimum Gasteiger partial charge on any atom is -0.303 e. The molecule has 2 heterocycles. The van der Waals surface area contributed by atoms with Crippen molar-refractivity contribution in [3.05, 3.63) is 23.5 Å². The standard InChI is InChI=1S/C11H12N2O2/c1-7-3-9(5-12-8(7)2)13-6-10(14)4-11(13)15/h3,5H,4,6H2,1-2H3. The van der Waals surface area contributed by atoms with Crippen LogP contribution in [-0.2, 0) is 9.59 Å². The van der Waals surface area contributed by atoms with Crippen LogP contribution in [0.15, 0.2) is 12.3 Å². The molecule has 0 saturated carbocycles. The highest BCUT2D eigenvalue weighted by Gasteiger charge is 2.28. The van der Waals surface area contributed by atoms with Crippen molar-refractivity contribution in [1.29, 1.82) is 0 Å². The molecule has 0 atom stereocenters. The van der Waals surface area contributed by atoms with Gasteiger partial charge in [-0.2, -0.15) is 0 Å². The minimum atomic E-state index is -0.134. The lowest BCUT2D eigenvalue weighted by molar-refractivity contribution is -0.121. The smallest absolute Gasteiger partial charge is 0.234 e. The first-order valence-electron chi connectivity index (χ1n) is 4.83. The van der Waals surface area contributed by atoms with Crippen LogP contribution in [0.1, 0.15) is 17.7 Å². The normalized spacial score (nSPS) is 16.3. The molecule has 1 aliphatic rings. The van der Waals surface area contributed by atoms with Crippen LogP contribution in [0.5, 0.6) is 0 Å². The summed E-state index contributed by atoms with van der Waals surface area (Å²) in [7, 11) is 0. The lowest BCUT2D eigenvalue weighted by Gasteiger charge is -2.15. The Balaban J connectivity index is 2.34. The number of ketones is 1. The molecule has 0 aliphatic carbocycles. The van der Waals surface area contributed by atoms with Crippen LogP contribution >= 0.6 is 0 Å². The average molecular weight is 204 g/mol. The van der Waals surface area contributed by atoms with Gasteiger partial charge in [0.2, 0.25) is 5.91 Å². The van der Waals surface area contributed by atoms with Gasteiger partial charge in [-0.1, -0.05) is 0 Å². The van der Waals surface area contributed by atoms with Crippen molar-refractivity contribution < 1.29 is 9.59 Å². The fraction of sp³-hybridized carbons (Fsp3) is 0.364. The molecule has 0 N–H and O–H groups in total. The summed E-state index contributed by atoms with van der Waals surface area (Å²) in [5.74, 6) is -0.164. The number of carbonyl (C=O) groups is 2. The maximum atomic E-state index is 11.5. The van der Waals surface area contributed by atoms with Gasteiger partial charge in [0.1, 0.15) is 0 Å². The summed E-state index contributed by atoms with van der Waals surface area (Å²) in [6.07, 6.45) is 1.66. The van der Waals surface area contributed by atoms with E-state index in [9.17, 15) is 9.59 Å². The van der Waals surface area contributed by atoms with Gasteiger partial charge in [-0.15, -0.1) is 0 Å². The van der Waals surface area contributed by atoms with E-state index >= 15 is 0 Å². The number of nitrogens with zero attached hydrogens (tertiary/aromatic N) is 2. The van der Waals surface area contributed by atoms with Crippen molar-refractivity contribution in [2.45, 2.75) is 20.3 Å². The lowest BCUT2D eigenvalue weighted by atomic mass is 10.2. The number of hydrogen-bond donors (Lipinski definition) is 0. The Morgan fingerprint density at radius 3 is 2.60 bits per heavy atom. The van der Waals surface area contributed by atoms with Gasteiger partial charge in [-0.3, -0.25) is 14.6 Å². The minimum absolute atomic E-state index is 0.0208. The summed E-state index contributed by atoms with van der Waals surface area (Å²) in [6.45, 7) is 4.04. The second kappa shape index (κ2) is 3.46. The predicted molar refractivity (Wildman–Crippen MR) is 55.7 cm³/mol. The van der Waals surface area contributed by atoms with Crippen molar-refractivity contribution in [1.82, 2.24) is 4.98 Å². The van der Waals surface area contributed by atoms with Gasteiger partial charge >= 0.3 is 0 Å². The molecule has 1 aromatic rings. The van der Waals surface area contributed by atoms with E-state index in [0.717, 1.165) is 11.3 Å². The summed E-state index contributed by atoms with van der Waals surface area (Å²) < 4.78 is 0. The molecule has 0 unspecified atom stereocenters. The summed E-state index contributed by atoms with van der Waals surface area (Å²) >= 11 is 0. The number of hydrogen-bond acceptors (Lipinski definition) is 3. The van der Waals surface area contributed by atoms with Crippen LogP contribution in [0.2, 0.25) is 0 Å². The summed E-state index contributed by atoms with van der Waals surface area (Å²) in [6, 6.07) is 1.89. The molecule has 78 valence electrons. The highest BCUT2D eigenvalue weighted by Crippen LogP contribution is 2.20. The molecule has 2 rings (SSSR count). The molecule has 1 amide bonds. The maximum Gasteiger partial charge on any atom is 0.234 e. The number of aromatic nitrogens is 1. The van der Waals surface area contributed by atoms with E-state index < -0.39 is 0 Å². The molecule has 0 aromatic carbocycles. The van der Waals surface area contributed by atoms with Gasteiger partial charge in [-0.05, 0) is 25.5 Å². The number of rotatable bonds is 1. The zero-order chi connectivity index (χ0) is 11.0. The van der Waals surface area contributed by atoms with Crippen LogP contribution in [0.4, 0.5) is 5.69 Å². The third-order valence-corrected chi connectivity index (χ3v) is 2.62. The number of pyridine rings is 1. The molecule has 4 nitrogen and oxygen atoms in total. The molecular formula is C11H12N2O2. The molecule has 1 aliphatic heterocycles. The summed E-state index contributed by atoms with van der Waals surface area (Å²) in [5.41, 5.74) is 2.69. The quantitative estimate of drug-likeness (QED) is 0.641. The molecule has 0 radical (unpaired) electrons. The second-order valence-electron chi connectivity index (χ2n) is 3.79. The third-order valence-electron chi connectivity index (χ3n) is 2.62. The Morgan fingerprint density at radius 1 is 1.33 bits per heavy atom. The van der Waals surface area contributed by atoms with Gasteiger partial charge in [-0.25, -0.2) is 0 Å². The highest BCUT2D eigenvalue weighted by atomic mass is 16.2. The van der Waals surface area contributed by atoms with Crippen LogP contribution in [0, 0.1) is 13.8 Å². The van der Waals surface area contributed by atoms with Gasteiger partial charge in [0.15, 0.2) is 5.78 Å². The third kappa shape index (κ3) is 1.75. The monoisotopic (exact) mass is 204 g/mol. The molecule has 1 saturated heterocycles. The SMILES string of the molecule is Cc1cc(N2CC(=O)CC2=O)cnc1C. The number of Topliss-reactive ketones (excluding diaryl/α,β-unsaturated/α-hetero) is 1. The highest BCUT2D eigenvalue weighted by molar-refractivity contribution is 6.14. The van der Waals surface area contributed by atoms with Crippen LogP contribution in [0.3, 0.4) is 0 Å². The van der Waals surface area contributed by atoms with Gasteiger partial charge in [0, 0.05) is 5.69 Å².